The average Bonchev–Trinajstić information content (AvgIpc) is 2.44. The zero-order valence-electron chi connectivity index (χ0n) is 7.37. The van der Waals surface area contributed by atoms with Crippen LogP contribution in [0.2, 0.25) is 0 Å². The van der Waals surface area contributed by atoms with E-state index >= 15 is 0 Å². The quantitative estimate of drug-likeness (QED) is 0.886. The first-order chi connectivity index (χ1) is 6.25. The van der Waals surface area contributed by atoms with Crippen molar-refractivity contribution in [3.8, 4) is 0 Å². The molecular formula is C10H13BrO2. The van der Waals surface area contributed by atoms with E-state index in [1.54, 1.807) is 0 Å². The number of hydrogen-bond donors (Lipinski definition) is 1. The smallest absolute Gasteiger partial charge is 0.169 e. The molecule has 2 nitrogen and oxygen atoms in total. The molecule has 0 radical (unpaired) electrons. The standard InChI is InChI=1S/C10H13BrO2/c11-10-5-4-9(13-10)8(12)6-7-2-1-3-7/h4-5,7-8,12H,1-3,6H2. The zero-order valence-corrected chi connectivity index (χ0v) is 8.96. The highest BCUT2D eigenvalue weighted by molar-refractivity contribution is 9.10. The van der Waals surface area contributed by atoms with Crippen LogP contribution in [-0.4, -0.2) is 5.11 Å². The summed E-state index contributed by atoms with van der Waals surface area (Å²) in [5, 5.41) is 9.75. The van der Waals surface area contributed by atoms with Crippen molar-refractivity contribution in [1.82, 2.24) is 0 Å². The van der Waals surface area contributed by atoms with Crippen molar-refractivity contribution < 1.29 is 9.52 Å². The lowest BCUT2D eigenvalue weighted by molar-refractivity contribution is 0.0975. The molecule has 2 rings (SSSR count). The first kappa shape index (κ1) is 9.28. The topological polar surface area (TPSA) is 33.4 Å². The van der Waals surface area contributed by atoms with E-state index in [0.717, 1.165) is 6.42 Å². The first-order valence-electron chi connectivity index (χ1n) is 4.69. The fraction of sp³-hybridized carbons (Fsp3) is 0.600. The van der Waals surface area contributed by atoms with Gasteiger partial charge in [0.1, 0.15) is 11.9 Å². The SMILES string of the molecule is OC(CC1CCC1)c1ccc(Br)o1. The van der Waals surface area contributed by atoms with E-state index in [2.05, 4.69) is 15.9 Å². The van der Waals surface area contributed by atoms with Crippen LogP contribution in [0, 0.1) is 5.92 Å². The third kappa shape index (κ3) is 2.15. The molecule has 1 unspecified atom stereocenters. The van der Waals surface area contributed by atoms with Crippen molar-refractivity contribution >= 4 is 15.9 Å². The molecule has 1 saturated carbocycles. The molecule has 0 bridgehead atoms. The Balaban J connectivity index is 1.92. The summed E-state index contributed by atoms with van der Waals surface area (Å²) in [6, 6.07) is 3.65. The maximum atomic E-state index is 9.75. The number of aliphatic hydroxyl groups is 1. The number of furan rings is 1. The molecule has 1 aromatic rings. The van der Waals surface area contributed by atoms with Crippen LogP contribution in [0.4, 0.5) is 0 Å². The van der Waals surface area contributed by atoms with Crippen LogP contribution in [-0.2, 0) is 0 Å². The predicted octanol–water partition coefficient (Wildman–Crippen LogP) is 3.27. The molecule has 0 aromatic carbocycles. The van der Waals surface area contributed by atoms with Gasteiger partial charge >= 0.3 is 0 Å². The van der Waals surface area contributed by atoms with Crippen LogP contribution in [0.1, 0.15) is 37.5 Å². The monoisotopic (exact) mass is 244 g/mol. The Morgan fingerprint density at radius 3 is 2.77 bits per heavy atom. The lowest BCUT2D eigenvalue weighted by atomic mass is 9.81. The third-order valence-corrected chi connectivity index (χ3v) is 3.13. The summed E-state index contributed by atoms with van der Waals surface area (Å²) in [5.74, 6) is 1.39. The summed E-state index contributed by atoms with van der Waals surface area (Å²) < 4.78 is 5.97. The molecule has 1 fully saturated rings. The van der Waals surface area contributed by atoms with Crippen molar-refractivity contribution in [2.45, 2.75) is 31.8 Å². The Morgan fingerprint density at radius 2 is 2.31 bits per heavy atom. The molecule has 0 aliphatic heterocycles. The summed E-state index contributed by atoms with van der Waals surface area (Å²) >= 11 is 3.22. The van der Waals surface area contributed by atoms with E-state index in [1.165, 1.54) is 19.3 Å². The van der Waals surface area contributed by atoms with Gasteiger partial charge in [-0.2, -0.15) is 0 Å². The van der Waals surface area contributed by atoms with Crippen molar-refractivity contribution in [2.24, 2.45) is 5.92 Å². The van der Waals surface area contributed by atoms with Gasteiger partial charge in [-0.3, -0.25) is 0 Å². The highest BCUT2D eigenvalue weighted by Crippen LogP contribution is 2.35. The fourth-order valence-electron chi connectivity index (χ4n) is 1.67. The maximum Gasteiger partial charge on any atom is 0.169 e. The summed E-state index contributed by atoms with van der Waals surface area (Å²) in [4.78, 5) is 0. The molecule has 72 valence electrons. The van der Waals surface area contributed by atoms with Gasteiger partial charge in [0.2, 0.25) is 0 Å². The molecule has 1 aliphatic carbocycles. The average molecular weight is 245 g/mol. The van der Waals surface area contributed by atoms with Crippen LogP contribution in [0.15, 0.2) is 21.2 Å². The van der Waals surface area contributed by atoms with Gasteiger partial charge in [0.15, 0.2) is 4.67 Å². The maximum absolute atomic E-state index is 9.75. The lowest BCUT2D eigenvalue weighted by Crippen LogP contribution is -2.14. The second-order valence-electron chi connectivity index (χ2n) is 3.69. The second kappa shape index (κ2) is 3.84. The van der Waals surface area contributed by atoms with Gasteiger partial charge < -0.3 is 9.52 Å². The van der Waals surface area contributed by atoms with Gasteiger partial charge in [-0.1, -0.05) is 19.3 Å². The fourth-order valence-corrected chi connectivity index (χ4v) is 1.99. The lowest BCUT2D eigenvalue weighted by Gasteiger charge is -2.26. The Hall–Kier alpha value is -0.280. The Kier molecular flexibility index (Phi) is 2.74. The minimum atomic E-state index is -0.420. The van der Waals surface area contributed by atoms with E-state index < -0.39 is 6.10 Å². The zero-order chi connectivity index (χ0) is 9.26. The Bertz CT molecular complexity index is 278. The molecule has 1 aromatic heterocycles. The number of rotatable bonds is 3. The van der Waals surface area contributed by atoms with Gasteiger partial charge in [0.25, 0.3) is 0 Å². The van der Waals surface area contributed by atoms with Crippen LogP contribution in [0.25, 0.3) is 0 Å². The van der Waals surface area contributed by atoms with Crippen LogP contribution >= 0.6 is 15.9 Å². The van der Waals surface area contributed by atoms with Crippen molar-refractivity contribution in [3.63, 3.8) is 0 Å². The molecular weight excluding hydrogens is 232 g/mol. The summed E-state index contributed by atoms with van der Waals surface area (Å²) in [7, 11) is 0. The molecule has 1 aliphatic rings. The van der Waals surface area contributed by atoms with Crippen molar-refractivity contribution in [3.05, 3.63) is 22.6 Å². The van der Waals surface area contributed by atoms with E-state index in [1.807, 2.05) is 12.1 Å². The summed E-state index contributed by atoms with van der Waals surface area (Å²) in [6.45, 7) is 0. The van der Waals surface area contributed by atoms with E-state index in [4.69, 9.17) is 4.42 Å². The molecule has 0 saturated heterocycles. The van der Waals surface area contributed by atoms with Crippen molar-refractivity contribution in [1.29, 1.82) is 0 Å². The molecule has 1 N–H and O–H groups in total. The molecule has 0 spiro atoms. The summed E-state index contributed by atoms with van der Waals surface area (Å²) in [6.07, 6.45) is 4.27. The molecule has 1 heterocycles. The highest BCUT2D eigenvalue weighted by Gasteiger charge is 2.23. The summed E-state index contributed by atoms with van der Waals surface area (Å²) in [5.41, 5.74) is 0. The molecule has 13 heavy (non-hydrogen) atoms. The number of hydrogen-bond acceptors (Lipinski definition) is 2. The molecule has 3 heteroatoms. The second-order valence-corrected chi connectivity index (χ2v) is 4.47. The number of aliphatic hydroxyl groups excluding tert-OH is 1. The Labute approximate surface area is 86.1 Å². The van der Waals surface area contributed by atoms with Gasteiger partial charge in [-0.15, -0.1) is 0 Å². The first-order valence-corrected chi connectivity index (χ1v) is 5.48. The van der Waals surface area contributed by atoms with Crippen molar-refractivity contribution in [2.75, 3.05) is 0 Å². The molecule has 0 amide bonds. The largest absolute Gasteiger partial charge is 0.452 e. The van der Waals surface area contributed by atoms with Gasteiger partial charge in [0, 0.05) is 0 Å². The van der Waals surface area contributed by atoms with Gasteiger partial charge in [-0.05, 0) is 40.4 Å². The van der Waals surface area contributed by atoms with Crippen LogP contribution in [0.3, 0.4) is 0 Å². The van der Waals surface area contributed by atoms with E-state index in [-0.39, 0.29) is 0 Å². The van der Waals surface area contributed by atoms with Gasteiger partial charge in [-0.25, -0.2) is 0 Å². The van der Waals surface area contributed by atoms with E-state index in [9.17, 15) is 5.11 Å². The Morgan fingerprint density at radius 1 is 1.54 bits per heavy atom. The number of halogens is 1. The van der Waals surface area contributed by atoms with Crippen LogP contribution < -0.4 is 0 Å². The molecule has 1 atom stereocenters. The normalized spacial score (nSPS) is 19.8. The van der Waals surface area contributed by atoms with E-state index in [0.29, 0.717) is 16.3 Å². The third-order valence-electron chi connectivity index (χ3n) is 2.70. The van der Waals surface area contributed by atoms with Gasteiger partial charge in [0.05, 0.1) is 0 Å². The predicted molar refractivity (Wildman–Crippen MR) is 53.3 cm³/mol. The highest BCUT2D eigenvalue weighted by atomic mass is 79.9. The minimum absolute atomic E-state index is 0.420. The van der Waals surface area contributed by atoms with Crippen LogP contribution in [0.5, 0.6) is 0 Å². The minimum Gasteiger partial charge on any atom is -0.452 e.